The number of anilines is 1. The summed E-state index contributed by atoms with van der Waals surface area (Å²) < 4.78 is 5.32. The molecule has 0 bridgehead atoms. The number of nitrogens with zero attached hydrogens (tertiary/aromatic N) is 3. The maximum Gasteiger partial charge on any atom is 0.199 e. The van der Waals surface area contributed by atoms with Gasteiger partial charge in [0.2, 0.25) is 0 Å². The third-order valence-corrected chi connectivity index (χ3v) is 3.54. The van der Waals surface area contributed by atoms with Crippen molar-refractivity contribution in [1.82, 2.24) is 9.97 Å². The van der Waals surface area contributed by atoms with E-state index in [2.05, 4.69) is 21.8 Å². The van der Waals surface area contributed by atoms with Crippen LogP contribution in [-0.2, 0) is 0 Å². The van der Waals surface area contributed by atoms with Crippen LogP contribution in [0.15, 0.2) is 6.33 Å². The molecule has 0 aliphatic carbocycles. The largest absolute Gasteiger partial charge is 0.490 e. The van der Waals surface area contributed by atoms with E-state index in [9.17, 15) is 0 Å². The summed E-state index contributed by atoms with van der Waals surface area (Å²) in [4.78, 5) is 10.6. The molecule has 1 aromatic heterocycles. The van der Waals surface area contributed by atoms with Crippen molar-refractivity contribution >= 4 is 17.4 Å². The van der Waals surface area contributed by atoms with Crippen molar-refractivity contribution in [1.29, 1.82) is 0 Å². The summed E-state index contributed by atoms with van der Waals surface area (Å²) in [7, 11) is 1.61. The number of aromatic nitrogens is 2. The van der Waals surface area contributed by atoms with Gasteiger partial charge in [-0.25, -0.2) is 9.97 Å². The van der Waals surface area contributed by atoms with Crippen LogP contribution >= 0.6 is 11.6 Å². The molecule has 0 N–H and O–H groups in total. The topological polar surface area (TPSA) is 38.3 Å². The van der Waals surface area contributed by atoms with E-state index >= 15 is 0 Å². The van der Waals surface area contributed by atoms with Gasteiger partial charge < -0.3 is 9.64 Å². The maximum atomic E-state index is 6.03. The highest BCUT2D eigenvalue weighted by Crippen LogP contribution is 2.34. The van der Waals surface area contributed by atoms with Crippen LogP contribution in [0.1, 0.15) is 32.6 Å². The number of halogens is 1. The smallest absolute Gasteiger partial charge is 0.199 e. The molecule has 5 heteroatoms. The van der Waals surface area contributed by atoms with Crippen LogP contribution in [0.25, 0.3) is 0 Å². The Hall–Kier alpha value is -1.03. The molecule has 17 heavy (non-hydrogen) atoms. The lowest BCUT2D eigenvalue weighted by molar-refractivity contribution is 0.408. The minimum atomic E-state index is 0.383. The van der Waals surface area contributed by atoms with Gasteiger partial charge in [0.05, 0.1) is 7.11 Å². The summed E-state index contributed by atoms with van der Waals surface area (Å²) >= 11 is 6.03. The number of rotatable bonds is 2. The molecule has 1 aliphatic rings. The van der Waals surface area contributed by atoms with E-state index < -0.39 is 0 Å². The Kier molecular flexibility index (Phi) is 4.05. The molecule has 1 unspecified atom stereocenters. The zero-order valence-corrected chi connectivity index (χ0v) is 11.1. The summed E-state index contributed by atoms with van der Waals surface area (Å²) in [5.41, 5.74) is 0. The van der Waals surface area contributed by atoms with Crippen molar-refractivity contribution < 1.29 is 4.74 Å². The van der Waals surface area contributed by atoms with Crippen LogP contribution in [0.4, 0.5) is 5.82 Å². The lowest BCUT2D eigenvalue weighted by Gasteiger charge is -2.29. The van der Waals surface area contributed by atoms with Gasteiger partial charge in [-0.1, -0.05) is 24.4 Å². The van der Waals surface area contributed by atoms with E-state index in [1.807, 2.05) is 0 Å². The van der Waals surface area contributed by atoms with Crippen molar-refractivity contribution in [2.75, 3.05) is 18.6 Å². The summed E-state index contributed by atoms with van der Waals surface area (Å²) in [5, 5.41) is 0.383. The molecule has 1 fully saturated rings. The molecular formula is C12H18ClN3O. The zero-order chi connectivity index (χ0) is 12.3. The lowest BCUT2D eigenvalue weighted by Crippen LogP contribution is -2.33. The molecular weight excluding hydrogens is 238 g/mol. The highest BCUT2D eigenvalue weighted by Gasteiger charge is 2.23. The standard InChI is InChI=1S/C12H18ClN3O/c1-9-6-4-3-5-7-16(9)12-10(17-2)11(13)14-8-15-12/h8-9H,3-7H2,1-2H3. The number of methoxy groups -OCH3 is 1. The second-order valence-corrected chi connectivity index (χ2v) is 4.77. The van der Waals surface area contributed by atoms with Crippen molar-refractivity contribution in [2.24, 2.45) is 0 Å². The Balaban J connectivity index is 2.34. The average Bonchev–Trinajstić information content (AvgIpc) is 2.53. The van der Waals surface area contributed by atoms with Gasteiger partial charge in [0.25, 0.3) is 0 Å². The first-order valence-corrected chi connectivity index (χ1v) is 6.43. The Morgan fingerprint density at radius 3 is 2.94 bits per heavy atom. The molecule has 2 heterocycles. The molecule has 94 valence electrons. The Bertz CT molecular complexity index is 386. The third kappa shape index (κ3) is 2.63. The normalized spacial score (nSPS) is 21.1. The molecule has 2 rings (SSSR count). The quantitative estimate of drug-likeness (QED) is 0.762. The molecule has 0 amide bonds. The fourth-order valence-corrected chi connectivity index (χ4v) is 2.52. The molecule has 0 aromatic carbocycles. The van der Waals surface area contributed by atoms with Gasteiger partial charge in [-0.2, -0.15) is 0 Å². The predicted octanol–water partition coefficient (Wildman–Crippen LogP) is 2.91. The molecule has 1 saturated heterocycles. The SMILES string of the molecule is COc1c(Cl)ncnc1N1CCCCCC1C. The summed E-state index contributed by atoms with van der Waals surface area (Å²) in [5.74, 6) is 1.41. The van der Waals surface area contributed by atoms with E-state index in [0.29, 0.717) is 16.9 Å². The van der Waals surface area contributed by atoms with Crippen molar-refractivity contribution in [3.8, 4) is 5.75 Å². The fourth-order valence-electron chi connectivity index (χ4n) is 2.31. The molecule has 0 spiro atoms. The van der Waals surface area contributed by atoms with Crippen molar-refractivity contribution in [2.45, 2.75) is 38.6 Å². The Labute approximate surface area is 107 Å². The van der Waals surface area contributed by atoms with Gasteiger partial charge in [-0.3, -0.25) is 0 Å². The van der Waals surface area contributed by atoms with Gasteiger partial charge >= 0.3 is 0 Å². The van der Waals surface area contributed by atoms with Crippen LogP contribution in [0.3, 0.4) is 0 Å². The molecule has 1 aromatic rings. The molecule has 0 saturated carbocycles. The van der Waals surface area contributed by atoms with Crippen molar-refractivity contribution in [3.63, 3.8) is 0 Å². The van der Waals surface area contributed by atoms with Crippen LogP contribution < -0.4 is 9.64 Å². The number of hydrogen-bond acceptors (Lipinski definition) is 4. The highest BCUT2D eigenvalue weighted by molar-refractivity contribution is 6.31. The summed E-state index contributed by atoms with van der Waals surface area (Å²) in [6, 6.07) is 0.470. The first kappa shape index (κ1) is 12.4. The Morgan fingerprint density at radius 1 is 1.35 bits per heavy atom. The molecule has 0 radical (unpaired) electrons. The van der Waals surface area contributed by atoms with Gasteiger partial charge in [0.15, 0.2) is 16.7 Å². The second-order valence-electron chi connectivity index (χ2n) is 4.41. The minimum absolute atomic E-state index is 0.383. The van der Waals surface area contributed by atoms with E-state index in [4.69, 9.17) is 16.3 Å². The second kappa shape index (κ2) is 5.54. The third-order valence-electron chi connectivity index (χ3n) is 3.27. The zero-order valence-electron chi connectivity index (χ0n) is 10.3. The number of hydrogen-bond donors (Lipinski definition) is 0. The fraction of sp³-hybridized carbons (Fsp3) is 0.667. The lowest BCUT2D eigenvalue weighted by atomic mass is 10.1. The van der Waals surface area contributed by atoms with E-state index in [1.165, 1.54) is 32.0 Å². The van der Waals surface area contributed by atoms with Crippen LogP contribution in [-0.4, -0.2) is 29.7 Å². The van der Waals surface area contributed by atoms with Crippen LogP contribution in [0, 0.1) is 0 Å². The molecule has 4 nitrogen and oxygen atoms in total. The Morgan fingerprint density at radius 2 is 2.18 bits per heavy atom. The van der Waals surface area contributed by atoms with Crippen molar-refractivity contribution in [3.05, 3.63) is 11.5 Å². The van der Waals surface area contributed by atoms with E-state index in [0.717, 1.165) is 12.4 Å². The minimum Gasteiger partial charge on any atom is -0.490 e. The highest BCUT2D eigenvalue weighted by atomic mass is 35.5. The predicted molar refractivity (Wildman–Crippen MR) is 68.9 cm³/mol. The van der Waals surface area contributed by atoms with Gasteiger partial charge in [0, 0.05) is 12.6 Å². The van der Waals surface area contributed by atoms with Gasteiger partial charge in [0.1, 0.15) is 6.33 Å². The first-order valence-electron chi connectivity index (χ1n) is 6.05. The number of ether oxygens (including phenoxy) is 1. The van der Waals surface area contributed by atoms with Gasteiger partial charge in [-0.15, -0.1) is 0 Å². The molecule has 1 atom stereocenters. The van der Waals surface area contributed by atoms with E-state index in [1.54, 1.807) is 7.11 Å². The van der Waals surface area contributed by atoms with Gasteiger partial charge in [-0.05, 0) is 19.8 Å². The average molecular weight is 256 g/mol. The van der Waals surface area contributed by atoms with Crippen LogP contribution in [0.5, 0.6) is 5.75 Å². The summed E-state index contributed by atoms with van der Waals surface area (Å²) in [6.07, 6.45) is 6.43. The molecule has 1 aliphatic heterocycles. The summed E-state index contributed by atoms with van der Waals surface area (Å²) in [6.45, 7) is 3.23. The maximum absolute atomic E-state index is 6.03. The monoisotopic (exact) mass is 255 g/mol. The first-order chi connectivity index (χ1) is 8.24. The van der Waals surface area contributed by atoms with Crippen LogP contribution in [0.2, 0.25) is 5.15 Å². The van der Waals surface area contributed by atoms with E-state index in [-0.39, 0.29) is 0 Å².